The smallest absolute Gasteiger partial charge is 0.251 e. The average Bonchev–Trinajstić information content (AvgIpc) is 2.26. The molecule has 1 amide bonds. The summed E-state index contributed by atoms with van der Waals surface area (Å²) in [6.45, 7) is 0. The fourth-order valence-corrected chi connectivity index (χ4v) is 1.99. The molecule has 92 valence electrons. The van der Waals surface area contributed by atoms with Crippen LogP contribution in [-0.4, -0.2) is 25.2 Å². The summed E-state index contributed by atoms with van der Waals surface area (Å²) in [6.07, 6.45) is 2.01. The molecular weight excluding hydrogens is 240 g/mol. The van der Waals surface area contributed by atoms with Gasteiger partial charge in [-0.05, 0) is 31.0 Å². The molecule has 0 aliphatic heterocycles. The largest absolute Gasteiger partial charge is 0.398 e. The van der Waals surface area contributed by atoms with E-state index < -0.39 is 0 Å². The van der Waals surface area contributed by atoms with Gasteiger partial charge in [0.25, 0.3) is 5.91 Å². The third kappa shape index (κ3) is 2.70. The number of rotatable bonds is 3. The van der Waals surface area contributed by atoms with Gasteiger partial charge in [0.15, 0.2) is 0 Å². The van der Waals surface area contributed by atoms with Crippen LogP contribution in [-0.2, 0) is 4.74 Å². The number of anilines is 1. The maximum atomic E-state index is 11.9. The molecule has 0 atom stereocenters. The Morgan fingerprint density at radius 2 is 2.24 bits per heavy atom. The molecule has 0 heterocycles. The molecule has 3 N–H and O–H groups in total. The first-order valence-corrected chi connectivity index (χ1v) is 5.86. The number of halogens is 1. The van der Waals surface area contributed by atoms with Gasteiger partial charge in [0.1, 0.15) is 0 Å². The molecule has 0 radical (unpaired) electrons. The molecule has 2 rings (SSSR count). The first kappa shape index (κ1) is 12.2. The van der Waals surface area contributed by atoms with Gasteiger partial charge in [-0.2, -0.15) is 0 Å². The first-order chi connectivity index (χ1) is 8.10. The molecule has 1 aromatic carbocycles. The van der Waals surface area contributed by atoms with Crippen LogP contribution in [0.1, 0.15) is 23.2 Å². The second kappa shape index (κ2) is 4.94. The Morgan fingerprint density at radius 1 is 1.53 bits per heavy atom. The van der Waals surface area contributed by atoms with E-state index in [0.29, 0.717) is 16.3 Å². The molecule has 0 bridgehead atoms. The Kier molecular flexibility index (Phi) is 3.54. The number of ether oxygens (including phenoxy) is 1. The molecule has 0 aromatic heterocycles. The lowest BCUT2D eigenvalue weighted by molar-refractivity contribution is 0.0176. The number of benzene rings is 1. The lowest BCUT2D eigenvalue weighted by Gasteiger charge is -2.34. The van der Waals surface area contributed by atoms with E-state index in [2.05, 4.69) is 5.32 Å². The van der Waals surface area contributed by atoms with Gasteiger partial charge in [-0.25, -0.2) is 0 Å². The number of nitrogens with two attached hydrogens (primary N) is 1. The van der Waals surface area contributed by atoms with Gasteiger partial charge >= 0.3 is 0 Å². The topological polar surface area (TPSA) is 64.3 Å². The van der Waals surface area contributed by atoms with Crippen molar-refractivity contribution in [2.24, 2.45) is 0 Å². The van der Waals surface area contributed by atoms with Crippen molar-refractivity contribution in [1.29, 1.82) is 0 Å². The van der Waals surface area contributed by atoms with Gasteiger partial charge in [0, 0.05) is 18.7 Å². The van der Waals surface area contributed by atoms with Crippen LogP contribution in [0.15, 0.2) is 18.2 Å². The summed E-state index contributed by atoms with van der Waals surface area (Å²) in [5.74, 6) is -0.119. The standard InChI is InChI=1S/C12H15ClN2O2/c1-17-9-5-8(6-9)15-12(16)7-2-3-11(14)10(13)4-7/h2-4,8-9H,5-6,14H2,1H3,(H,15,16). The molecule has 4 nitrogen and oxygen atoms in total. The van der Waals surface area contributed by atoms with Crippen LogP contribution in [0.2, 0.25) is 5.02 Å². The van der Waals surface area contributed by atoms with Crippen LogP contribution >= 0.6 is 11.6 Å². The van der Waals surface area contributed by atoms with E-state index in [0.717, 1.165) is 12.8 Å². The van der Waals surface area contributed by atoms with E-state index in [9.17, 15) is 4.79 Å². The zero-order valence-corrected chi connectivity index (χ0v) is 10.3. The SMILES string of the molecule is COC1CC(NC(=O)c2ccc(N)c(Cl)c2)C1. The summed E-state index contributed by atoms with van der Waals surface area (Å²) in [4.78, 5) is 11.9. The second-order valence-electron chi connectivity index (χ2n) is 4.24. The van der Waals surface area contributed by atoms with Crippen LogP contribution < -0.4 is 11.1 Å². The monoisotopic (exact) mass is 254 g/mol. The predicted octanol–water partition coefficient (Wildman–Crippen LogP) is 1.83. The summed E-state index contributed by atoms with van der Waals surface area (Å²) in [7, 11) is 1.68. The molecule has 17 heavy (non-hydrogen) atoms. The average molecular weight is 255 g/mol. The summed E-state index contributed by atoms with van der Waals surface area (Å²) < 4.78 is 5.15. The van der Waals surface area contributed by atoms with E-state index in [1.807, 2.05) is 0 Å². The summed E-state index contributed by atoms with van der Waals surface area (Å²) in [5, 5.41) is 3.33. The quantitative estimate of drug-likeness (QED) is 0.809. The highest BCUT2D eigenvalue weighted by Gasteiger charge is 2.30. The molecule has 0 saturated heterocycles. The zero-order chi connectivity index (χ0) is 12.4. The molecule has 0 unspecified atom stereocenters. The fraction of sp³-hybridized carbons (Fsp3) is 0.417. The molecular formula is C12H15ClN2O2. The summed E-state index contributed by atoms with van der Waals surface area (Å²) in [6, 6.07) is 5.08. The van der Waals surface area contributed by atoms with E-state index in [-0.39, 0.29) is 18.1 Å². The molecule has 1 saturated carbocycles. The molecule has 0 spiro atoms. The van der Waals surface area contributed by atoms with Gasteiger partial charge in [-0.1, -0.05) is 11.6 Å². The maximum absolute atomic E-state index is 11.9. The highest BCUT2D eigenvalue weighted by molar-refractivity contribution is 6.33. The first-order valence-electron chi connectivity index (χ1n) is 5.49. The van der Waals surface area contributed by atoms with Gasteiger partial charge in [-0.3, -0.25) is 4.79 Å². The summed E-state index contributed by atoms with van der Waals surface area (Å²) in [5.41, 5.74) is 6.59. The molecule has 1 aliphatic rings. The number of carbonyl (C=O) groups is 1. The molecule has 5 heteroatoms. The van der Waals surface area contributed by atoms with Crippen LogP contribution in [0.5, 0.6) is 0 Å². The van der Waals surface area contributed by atoms with Crippen molar-refractivity contribution in [3.63, 3.8) is 0 Å². The molecule has 1 aromatic rings. The minimum Gasteiger partial charge on any atom is -0.398 e. The van der Waals surface area contributed by atoms with Gasteiger partial charge < -0.3 is 15.8 Å². The third-order valence-electron chi connectivity index (χ3n) is 3.03. The number of amides is 1. The van der Waals surface area contributed by atoms with E-state index >= 15 is 0 Å². The minimum atomic E-state index is -0.119. The van der Waals surface area contributed by atoms with E-state index in [1.165, 1.54) is 0 Å². The number of hydrogen-bond acceptors (Lipinski definition) is 3. The van der Waals surface area contributed by atoms with Gasteiger partial charge in [-0.15, -0.1) is 0 Å². The molecule has 1 aliphatic carbocycles. The fourth-order valence-electron chi connectivity index (χ4n) is 1.81. The van der Waals surface area contributed by atoms with Crippen molar-refractivity contribution in [3.05, 3.63) is 28.8 Å². The van der Waals surface area contributed by atoms with Crippen molar-refractivity contribution in [3.8, 4) is 0 Å². The third-order valence-corrected chi connectivity index (χ3v) is 3.35. The van der Waals surface area contributed by atoms with Crippen molar-refractivity contribution < 1.29 is 9.53 Å². The van der Waals surface area contributed by atoms with Crippen LogP contribution in [0.25, 0.3) is 0 Å². The number of carbonyl (C=O) groups excluding carboxylic acids is 1. The van der Waals surface area contributed by atoms with Gasteiger partial charge in [0.05, 0.1) is 16.8 Å². The Labute approximate surface area is 105 Å². The van der Waals surface area contributed by atoms with Crippen molar-refractivity contribution in [1.82, 2.24) is 5.32 Å². The minimum absolute atomic E-state index is 0.119. The lowest BCUT2D eigenvalue weighted by atomic mass is 9.89. The highest BCUT2D eigenvalue weighted by Crippen LogP contribution is 2.24. The predicted molar refractivity (Wildman–Crippen MR) is 67.1 cm³/mol. The number of nitrogen functional groups attached to an aromatic ring is 1. The van der Waals surface area contributed by atoms with Gasteiger partial charge in [0.2, 0.25) is 0 Å². The Balaban J connectivity index is 1.94. The van der Waals surface area contributed by atoms with Crippen molar-refractivity contribution in [2.75, 3.05) is 12.8 Å². The van der Waals surface area contributed by atoms with Crippen molar-refractivity contribution in [2.45, 2.75) is 25.0 Å². The zero-order valence-electron chi connectivity index (χ0n) is 9.57. The Bertz CT molecular complexity index is 431. The Hall–Kier alpha value is -1.26. The number of methoxy groups -OCH3 is 1. The normalized spacial score (nSPS) is 22.9. The Morgan fingerprint density at radius 3 is 2.82 bits per heavy atom. The number of nitrogens with one attached hydrogen (secondary N) is 1. The van der Waals surface area contributed by atoms with Crippen LogP contribution in [0.3, 0.4) is 0 Å². The summed E-state index contributed by atoms with van der Waals surface area (Å²) >= 11 is 5.86. The lowest BCUT2D eigenvalue weighted by Crippen LogP contribution is -2.47. The van der Waals surface area contributed by atoms with E-state index in [4.69, 9.17) is 22.1 Å². The van der Waals surface area contributed by atoms with E-state index in [1.54, 1.807) is 25.3 Å². The molecule has 1 fully saturated rings. The van der Waals surface area contributed by atoms with Crippen molar-refractivity contribution >= 4 is 23.2 Å². The second-order valence-corrected chi connectivity index (χ2v) is 4.64. The highest BCUT2D eigenvalue weighted by atomic mass is 35.5. The van der Waals surface area contributed by atoms with Crippen LogP contribution in [0, 0.1) is 0 Å². The van der Waals surface area contributed by atoms with Crippen LogP contribution in [0.4, 0.5) is 5.69 Å². The maximum Gasteiger partial charge on any atom is 0.251 e. The number of hydrogen-bond donors (Lipinski definition) is 2.